The molecule has 0 spiro atoms. The number of allylic oxidation sites excluding steroid dienone is 1. The third kappa shape index (κ3) is 3.92. The van der Waals surface area contributed by atoms with E-state index in [1.54, 1.807) is 0 Å². The van der Waals surface area contributed by atoms with Crippen molar-refractivity contribution in [3.8, 4) is 0 Å². The minimum Gasteiger partial charge on any atom is -0.396 e. The standard InChI is InChI=1S/C11H20O2/c1-11(9-13-10-11)7-5-3-2-4-6-8-12/h5,7,12H,2-4,6,8-10H2,1H3/b7-5+. The van der Waals surface area contributed by atoms with Crippen LogP contribution in [0.1, 0.15) is 32.6 Å². The fourth-order valence-electron chi connectivity index (χ4n) is 1.44. The normalized spacial score (nSPS) is 20.5. The van der Waals surface area contributed by atoms with E-state index in [4.69, 9.17) is 9.84 Å². The molecule has 1 aliphatic heterocycles. The molecule has 76 valence electrons. The van der Waals surface area contributed by atoms with Gasteiger partial charge in [-0.1, -0.05) is 25.5 Å². The maximum atomic E-state index is 8.56. The van der Waals surface area contributed by atoms with Crippen molar-refractivity contribution in [1.29, 1.82) is 0 Å². The third-order valence-electron chi connectivity index (χ3n) is 2.41. The van der Waals surface area contributed by atoms with Crippen molar-refractivity contribution in [1.82, 2.24) is 0 Å². The Bertz CT molecular complexity index is 159. The number of rotatable bonds is 6. The van der Waals surface area contributed by atoms with Crippen molar-refractivity contribution >= 4 is 0 Å². The lowest BCUT2D eigenvalue weighted by molar-refractivity contribution is -0.0709. The van der Waals surface area contributed by atoms with Crippen LogP contribution in [-0.4, -0.2) is 24.9 Å². The quantitative estimate of drug-likeness (QED) is 0.506. The summed E-state index contributed by atoms with van der Waals surface area (Å²) in [4.78, 5) is 0. The Morgan fingerprint density at radius 2 is 2.08 bits per heavy atom. The van der Waals surface area contributed by atoms with Crippen molar-refractivity contribution < 1.29 is 9.84 Å². The van der Waals surface area contributed by atoms with E-state index >= 15 is 0 Å². The number of aliphatic hydroxyl groups is 1. The summed E-state index contributed by atoms with van der Waals surface area (Å²) in [6.07, 6.45) is 8.92. The predicted octanol–water partition coefficient (Wildman–Crippen LogP) is 2.13. The zero-order chi connectivity index (χ0) is 9.57. The highest BCUT2D eigenvalue weighted by molar-refractivity contribution is 5.01. The summed E-state index contributed by atoms with van der Waals surface area (Å²) in [6.45, 7) is 4.30. The van der Waals surface area contributed by atoms with Crippen LogP contribution < -0.4 is 0 Å². The van der Waals surface area contributed by atoms with E-state index in [9.17, 15) is 0 Å². The first-order chi connectivity index (χ1) is 6.27. The Balaban J connectivity index is 1.98. The Morgan fingerprint density at radius 1 is 1.31 bits per heavy atom. The minimum atomic E-state index is 0.316. The molecule has 0 bridgehead atoms. The van der Waals surface area contributed by atoms with Gasteiger partial charge in [0.25, 0.3) is 0 Å². The predicted molar refractivity (Wildman–Crippen MR) is 53.6 cm³/mol. The SMILES string of the molecule is CC1(/C=C/CCCCCO)COC1. The summed E-state index contributed by atoms with van der Waals surface area (Å²) in [5.41, 5.74) is 0.316. The monoisotopic (exact) mass is 184 g/mol. The lowest BCUT2D eigenvalue weighted by atomic mass is 9.88. The average molecular weight is 184 g/mol. The van der Waals surface area contributed by atoms with Crippen molar-refractivity contribution in [2.45, 2.75) is 32.6 Å². The first-order valence-corrected chi connectivity index (χ1v) is 5.13. The van der Waals surface area contributed by atoms with Gasteiger partial charge in [-0.2, -0.15) is 0 Å². The zero-order valence-corrected chi connectivity index (χ0v) is 8.46. The molecule has 1 rings (SSSR count). The molecule has 0 aromatic heterocycles. The molecule has 1 aliphatic rings. The molecule has 0 atom stereocenters. The fraction of sp³-hybridized carbons (Fsp3) is 0.818. The Labute approximate surface area is 80.6 Å². The Kier molecular flexibility index (Phi) is 4.46. The largest absolute Gasteiger partial charge is 0.396 e. The summed E-state index contributed by atoms with van der Waals surface area (Å²) in [5.74, 6) is 0. The summed E-state index contributed by atoms with van der Waals surface area (Å²) in [5, 5.41) is 8.56. The molecule has 0 saturated carbocycles. The van der Waals surface area contributed by atoms with Crippen LogP contribution in [0.25, 0.3) is 0 Å². The molecular weight excluding hydrogens is 164 g/mol. The highest BCUT2D eigenvalue weighted by Gasteiger charge is 2.29. The molecule has 13 heavy (non-hydrogen) atoms. The number of unbranched alkanes of at least 4 members (excludes halogenated alkanes) is 3. The molecule has 1 fully saturated rings. The smallest absolute Gasteiger partial charge is 0.0576 e. The van der Waals surface area contributed by atoms with Gasteiger partial charge in [0.2, 0.25) is 0 Å². The van der Waals surface area contributed by atoms with E-state index in [1.165, 1.54) is 6.42 Å². The molecule has 2 heteroatoms. The zero-order valence-electron chi connectivity index (χ0n) is 8.46. The summed E-state index contributed by atoms with van der Waals surface area (Å²) < 4.78 is 5.15. The first kappa shape index (κ1) is 10.7. The number of aliphatic hydroxyl groups excluding tert-OH is 1. The highest BCUT2D eigenvalue weighted by Crippen LogP contribution is 2.28. The van der Waals surface area contributed by atoms with Gasteiger partial charge >= 0.3 is 0 Å². The topological polar surface area (TPSA) is 29.5 Å². The van der Waals surface area contributed by atoms with E-state index in [0.29, 0.717) is 12.0 Å². The lowest BCUT2D eigenvalue weighted by Gasteiger charge is -2.35. The summed E-state index contributed by atoms with van der Waals surface area (Å²) in [6, 6.07) is 0. The van der Waals surface area contributed by atoms with Gasteiger partial charge in [0.15, 0.2) is 0 Å². The molecule has 0 aromatic rings. The molecular formula is C11H20O2. The van der Waals surface area contributed by atoms with E-state index in [1.807, 2.05) is 0 Å². The van der Waals surface area contributed by atoms with Crippen molar-refractivity contribution in [2.75, 3.05) is 19.8 Å². The van der Waals surface area contributed by atoms with Gasteiger partial charge in [-0.15, -0.1) is 0 Å². The van der Waals surface area contributed by atoms with Crippen LogP contribution in [0, 0.1) is 5.41 Å². The van der Waals surface area contributed by atoms with Gasteiger partial charge in [-0.25, -0.2) is 0 Å². The van der Waals surface area contributed by atoms with Gasteiger partial charge in [0.1, 0.15) is 0 Å². The molecule has 0 aromatic carbocycles. The molecule has 2 nitrogen and oxygen atoms in total. The first-order valence-electron chi connectivity index (χ1n) is 5.13. The van der Waals surface area contributed by atoms with Crippen molar-refractivity contribution in [3.05, 3.63) is 12.2 Å². The van der Waals surface area contributed by atoms with Crippen LogP contribution in [0.3, 0.4) is 0 Å². The fourth-order valence-corrected chi connectivity index (χ4v) is 1.44. The van der Waals surface area contributed by atoms with Gasteiger partial charge < -0.3 is 9.84 Å². The molecule has 0 amide bonds. The van der Waals surface area contributed by atoms with E-state index in [0.717, 1.165) is 32.5 Å². The highest BCUT2D eigenvalue weighted by atomic mass is 16.5. The second kappa shape index (κ2) is 5.40. The minimum absolute atomic E-state index is 0.316. The second-order valence-electron chi connectivity index (χ2n) is 4.12. The van der Waals surface area contributed by atoms with E-state index < -0.39 is 0 Å². The van der Waals surface area contributed by atoms with Crippen LogP contribution >= 0.6 is 0 Å². The second-order valence-corrected chi connectivity index (χ2v) is 4.12. The summed E-state index contributed by atoms with van der Waals surface area (Å²) >= 11 is 0. The number of hydrogen-bond donors (Lipinski definition) is 1. The Hall–Kier alpha value is -0.340. The summed E-state index contributed by atoms with van der Waals surface area (Å²) in [7, 11) is 0. The van der Waals surface area contributed by atoms with Crippen LogP contribution in [0.4, 0.5) is 0 Å². The van der Waals surface area contributed by atoms with Crippen LogP contribution in [-0.2, 0) is 4.74 Å². The molecule has 0 radical (unpaired) electrons. The molecule has 1 N–H and O–H groups in total. The maximum absolute atomic E-state index is 8.56. The number of hydrogen-bond acceptors (Lipinski definition) is 2. The van der Waals surface area contributed by atoms with Crippen molar-refractivity contribution in [2.24, 2.45) is 5.41 Å². The van der Waals surface area contributed by atoms with Crippen LogP contribution in [0.2, 0.25) is 0 Å². The average Bonchev–Trinajstić information content (AvgIpc) is 2.08. The molecule has 0 unspecified atom stereocenters. The molecule has 1 heterocycles. The number of ether oxygens (including phenoxy) is 1. The van der Waals surface area contributed by atoms with E-state index in [-0.39, 0.29) is 0 Å². The molecule has 1 saturated heterocycles. The van der Waals surface area contributed by atoms with Crippen LogP contribution in [0.5, 0.6) is 0 Å². The van der Waals surface area contributed by atoms with Crippen LogP contribution in [0.15, 0.2) is 12.2 Å². The van der Waals surface area contributed by atoms with Crippen molar-refractivity contribution in [3.63, 3.8) is 0 Å². The van der Waals surface area contributed by atoms with E-state index in [2.05, 4.69) is 19.1 Å². The molecule has 0 aliphatic carbocycles. The Morgan fingerprint density at radius 3 is 2.62 bits per heavy atom. The van der Waals surface area contributed by atoms with Gasteiger partial charge in [-0.3, -0.25) is 0 Å². The van der Waals surface area contributed by atoms with Gasteiger partial charge in [0, 0.05) is 12.0 Å². The van der Waals surface area contributed by atoms with Gasteiger partial charge in [-0.05, 0) is 19.3 Å². The lowest BCUT2D eigenvalue weighted by Crippen LogP contribution is -2.37. The maximum Gasteiger partial charge on any atom is 0.0576 e. The third-order valence-corrected chi connectivity index (χ3v) is 2.41. The van der Waals surface area contributed by atoms with Gasteiger partial charge in [0.05, 0.1) is 13.2 Å².